The van der Waals surface area contributed by atoms with Gasteiger partial charge in [-0.15, -0.1) is 12.4 Å². The summed E-state index contributed by atoms with van der Waals surface area (Å²) in [5, 5.41) is 6.99. The quantitative estimate of drug-likeness (QED) is 0.176. The van der Waals surface area contributed by atoms with Crippen LogP contribution in [0.1, 0.15) is 18.4 Å². The molecule has 15 heteroatoms. The third kappa shape index (κ3) is 7.35. The van der Waals surface area contributed by atoms with Gasteiger partial charge in [-0.1, -0.05) is 12.1 Å². The zero-order valence-electron chi connectivity index (χ0n) is 19.8. The fraction of sp³-hybridized carbons (Fsp3) is 0.476. The van der Waals surface area contributed by atoms with E-state index in [2.05, 4.69) is 25.8 Å². The predicted molar refractivity (Wildman–Crippen MR) is 143 cm³/mol. The molecule has 4 atom stereocenters. The maximum absolute atomic E-state index is 10.7. The van der Waals surface area contributed by atoms with Gasteiger partial charge in [0.05, 0.1) is 6.21 Å². The Balaban J connectivity index is 0.00000361. The Morgan fingerprint density at radius 1 is 0.861 bits per heavy atom. The number of aromatic nitrogens is 3. The van der Waals surface area contributed by atoms with Crippen molar-refractivity contribution in [1.82, 2.24) is 20.4 Å². The fourth-order valence-electron chi connectivity index (χ4n) is 4.33. The first-order chi connectivity index (χ1) is 16.7. The number of hydrogen-bond donors (Lipinski definition) is 7. The van der Waals surface area contributed by atoms with Gasteiger partial charge in [0.1, 0.15) is 0 Å². The second-order valence-corrected chi connectivity index (χ2v) is 9.06. The average molecular weight is 520 g/mol. The van der Waals surface area contributed by atoms with Crippen LogP contribution in [0.25, 0.3) is 0 Å². The molecule has 2 saturated heterocycles. The summed E-state index contributed by atoms with van der Waals surface area (Å²) in [5.74, 6) is 1.37. The average Bonchev–Trinajstić information content (AvgIpc) is 2.78. The van der Waals surface area contributed by atoms with Crippen LogP contribution in [0.5, 0.6) is 0 Å². The van der Waals surface area contributed by atoms with E-state index >= 15 is 0 Å². The summed E-state index contributed by atoms with van der Waals surface area (Å²) in [6.45, 7) is 2.40. The van der Waals surface area contributed by atoms with E-state index in [9.17, 15) is 4.79 Å². The summed E-state index contributed by atoms with van der Waals surface area (Å²) in [6.07, 6.45) is 2.99. The lowest BCUT2D eigenvalue weighted by molar-refractivity contribution is 0.249. The maximum Gasteiger partial charge on any atom is 0.332 e. The predicted octanol–water partition coefficient (Wildman–Crippen LogP) is -1.23. The van der Waals surface area contributed by atoms with Gasteiger partial charge in [0.2, 0.25) is 17.8 Å². The van der Waals surface area contributed by atoms with Crippen molar-refractivity contribution in [2.45, 2.75) is 37.0 Å². The summed E-state index contributed by atoms with van der Waals surface area (Å²) in [5.41, 5.74) is 33.5. The first kappa shape index (κ1) is 27.3. The van der Waals surface area contributed by atoms with Crippen molar-refractivity contribution in [3.8, 4) is 0 Å². The van der Waals surface area contributed by atoms with E-state index in [1.165, 1.54) is 6.21 Å². The molecule has 196 valence electrons. The number of primary amides is 1. The molecule has 0 unspecified atom stereocenters. The molecule has 1 aromatic carbocycles. The summed E-state index contributed by atoms with van der Waals surface area (Å²) in [4.78, 5) is 28.7. The number of rotatable bonds is 6. The van der Waals surface area contributed by atoms with Crippen molar-refractivity contribution < 1.29 is 4.79 Å². The highest BCUT2D eigenvalue weighted by Gasteiger charge is 2.28. The number of nitrogens with one attached hydrogen (secondary N) is 2. The maximum atomic E-state index is 10.7. The number of nitrogens with zero attached hydrogens (tertiary/aromatic N) is 6. The molecule has 2 fully saturated rings. The van der Waals surface area contributed by atoms with Crippen molar-refractivity contribution in [3.05, 3.63) is 29.8 Å². The number of hydrazone groups is 1. The van der Waals surface area contributed by atoms with Gasteiger partial charge in [-0.3, -0.25) is 0 Å². The van der Waals surface area contributed by atoms with Gasteiger partial charge in [-0.25, -0.2) is 10.2 Å². The number of nitrogens with two attached hydrogens (primary N) is 5. The molecular formula is C21H34ClN13O. The number of piperidine rings is 2. The Hall–Kier alpha value is -3.30. The summed E-state index contributed by atoms with van der Waals surface area (Å²) in [7, 11) is 0. The molecule has 14 nitrogen and oxygen atoms in total. The van der Waals surface area contributed by atoms with E-state index in [-0.39, 0.29) is 36.6 Å². The van der Waals surface area contributed by atoms with Crippen molar-refractivity contribution in [2.24, 2.45) is 33.8 Å². The van der Waals surface area contributed by atoms with Gasteiger partial charge in [-0.05, 0) is 30.5 Å². The third-order valence-electron chi connectivity index (χ3n) is 5.76. The van der Waals surface area contributed by atoms with Crippen molar-refractivity contribution >= 4 is 48.2 Å². The Labute approximate surface area is 215 Å². The molecule has 3 heterocycles. The standard InChI is InChI=1S/C21H33N13O.ClH/c22-13-5-14(23)9-33(8-13)20-29-19(30-21(31-20)34-10-15(24)6-16(25)11-34)28-17-3-1-12(2-4-17)7-27-32-18(26)35;/h1-4,7,13-16H,5-6,8-11,22-25H2,(H3,26,32,35)(H,28,29,30,31);1H/b27-7+;/t13-,14+,15-,16+;. The van der Waals surface area contributed by atoms with Crippen LogP contribution >= 0.6 is 12.4 Å². The van der Waals surface area contributed by atoms with E-state index in [4.69, 9.17) is 33.7 Å². The molecular weight excluding hydrogens is 486 g/mol. The lowest BCUT2D eigenvalue weighted by Crippen LogP contribution is -2.54. The van der Waals surface area contributed by atoms with Crippen LogP contribution in [0, 0.1) is 0 Å². The molecule has 0 bridgehead atoms. The summed E-state index contributed by atoms with van der Waals surface area (Å²) in [6, 6.07) is 6.34. The molecule has 2 aromatic rings. The monoisotopic (exact) mass is 519 g/mol. The molecule has 36 heavy (non-hydrogen) atoms. The second kappa shape index (κ2) is 12.1. The van der Waals surface area contributed by atoms with Crippen molar-refractivity contribution in [2.75, 3.05) is 41.3 Å². The SMILES string of the molecule is Cl.NC(=O)N/N=C/c1ccc(Nc2nc(N3C[C@H](N)C[C@H](N)C3)nc(N3C[C@H](N)C[C@H](N)C3)n2)cc1. The third-order valence-corrected chi connectivity index (χ3v) is 5.76. The van der Waals surface area contributed by atoms with Crippen molar-refractivity contribution in [3.63, 3.8) is 0 Å². The largest absolute Gasteiger partial charge is 0.350 e. The number of hydrogen-bond acceptors (Lipinski definition) is 12. The van der Waals surface area contributed by atoms with Crippen LogP contribution in [-0.4, -0.2) is 77.5 Å². The van der Waals surface area contributed by atoms with Crippen LogP contribution in [0.4, 0.5) is 28.3 Å². The molecule has 0 saturated carbocycles. The molecule has 2 aliphatic rings. The zero-order chi connectivity index (χ0) is 24.9. The minimum absolute atomic E-state index is 0. The molecule has 0 spiro atoms. The number of benzene rings is 1. The Kier molecular flexibility index (Phi) is 9.17. The van der Waals surface area contributed by atoms with E-state index in [1.54, 1.807) is 0 Å². The van der Waals surface area contributed by atoms with Crippen molar-refractivity contribution in [1.29, 1.82) is 0 Å². The molecule has 12 N–H and O–H groups in total. The van der Waals surface area contributed by atoms with Crippen LogP contribution in [0.15, 0.2) is 29.4 Å². The van der Waals surface area contributed by atoms with Gasteiger partial charge in [-0.2, -0.15) is 20.1 Å². The van der Waals surface area contributed by atoms with Gasteiger partial charge in [0, 0.05) is 56.0 Å². The number of carbonyl (C=O) groups is 1. The highest BCUT2D eigenvalue weighted by molar-refractivity contribution is 5.85. The number of anilines is 4. The number of halogens is 1. The van der Waals surface area contributed by atoms with E-state index in [1.807, 2.05) is 34.1 Å². The molecule has 2 amide bonds. The topological polar surface area (TPSA) is 229 Å². The smallest absolute Gasteiger partial charge is 0.332 e. The van der Waals surface area contributed by atoms with Gasteiger partial charge >= 0.3 is 6.03 Å². The number of carbonyl (C=O) groups excluding carboxylic acids is 1. The molecule has 2 aliphatic heterocycles. The van der Waals surface area contributed by atoms with Crippen LogP contribution in [0.2, 0.25) is 0 Å². The minimum atomic E-state index is -0.729. The second-order valence-electron chi connectivity index (χ2n) is 9.06. The first-order valence-corrected chi connectivity index (χ1v) is 11.5. The first-order valence-electron chi connectivity index (χ1n) is 11.5. The Morgan fingerprint density at radius 3 is 1.78 bits per heavy atom. The Morgan fingerprint density at radius 2 is 1.33 bits per heavy atom. The van der Waals surface area contributed by atoms with Crippen LogP contribution in [-0.2, 0) is 0 Å². The van der Waals surface area contributed by atoms with E-state index in [0.717, 1.165) is 24.1 Å². The molecule has 0 radical (unpaired) electrons. The fourth-order valence-corrected chi connectivity index (χ4v) is 4.33. The highest BCUT2D eigenvalue weighted by Crippen LogP contribution is 2.23. The summed E-state index contributed by atoms with van der Waals surface area (Å²) >= 11 is 0. The van der Waals surface area contributed by atoms with E-state index in [0.29, 0.717) is 44.0 Å². The lowest BCUT2D eigenvalue weighted by atomic mass is 10.0. The zero-order valence-corrected chi connectivity index (χ0v) is 20.6. The molecule has 0 aliphatic carbocycles. The molecule has 4 rings (SSSR count). The highest BCUT2D eigenvalue weighted by atomic mass is 35.5. The summed E-state index contributed by atoms with van der Waals surface area (Å²) < 4.78 is 0. The Bertz CT molecular complexity index is 988. The number of amides is 2. The van der Waals surface area contributed by atoms with Gasteiger partial charge in [0.15, 0.2) is 0 Å². The number of urea groups is 1. The van der Waals surface area contributed by atoms with Crippen LogP contribution < -0.4 is 49.2 Å². The van der Waals surface area contributed by atoms with Crippen LogP contribution in [0.3, 0.4) is 0 Å². The lowest BCUT2D eigenvalue weighted by Gasteiger charge is -2.37. The van der Waals surface area contributed by atoms with Gasteiger partial charge in [0.25, 0.3) is 0 Å². The van der Waals surface area contributed by atoms with E-state index < -0.39 is 6.03 Å². The normalized spacial score (nSPS) is 24.3. The van der Waals surface area contributed by atoms with Gasteiger partial charge < -0.3 is 43.8 Å². The minimum Gasteiger partial charge on any atom is -0.350 e. The molecule has 1 aromatic heterocycles.